The van der Waals surface area contributed by atoms with E-state index in [4.69, 9.17) is 0 Å². The third-order valence-corrected chi connectivity index (χ3v) is 4.93. The number of hydrogen-bond acceptors (Lipinski definition) is 6. The van der Waals surface area contributed by atoms with Crippen molar-refractivity contribution in [1.82, 2.24) is 14.6 Å². The molecule has 0 aliphatic heterocycles. The van der Waals surface area contributed by atoms with Crippen molar-refractivity contribution in [2.45, 2.75) is 45.1 Å². The Labute approximate surface area is 126 Å². The molecule has 7 heteroatoms. The number of nitrogens with one attached hydrogen (secondary N) is 1. The second kappa shape index (κ2) is 6.11. The van der Waals surface area contributed by atoms with Gasteiger partial charge in [-0.3, -0.25) is 4.79 Å². The van der Waals surface area contributed by atoms with Crippen molar-refractivity contribution in [3.8, 4) is 0 Å². The highest BCUT2D eigenvalue weighted by Crippen LogP contribution is 2.28. The molecule has 1 fully saturated rings. The van der Waals surface area contributed by atoms with Crippen LogP contribution in [-0.2, 0) is 6.42 Å². The summed E-state index contributed by atoms with van der Waals surface area (Å²) in [5, 5.41) is 18.1. The van der Waals surface area contributed by atoms with Crippen LogP contribution in [0.15, 0.2) is 10.9 Å². The van der Waals surface area contributed by atoms with Gasteiger partial charge in [-0.15, -0.1) is 5.10 Å². The number of nitrogens with zero attached hydrogens (tertiary/aromatic N) is 3. The Hall–Kier alpha value is -1.47. The molecular weight excluding hydrogens is 288 g/mol. The fourth-order valence-corrected chi connectivity index (χ4v) is 3.64. The van der Waals surface area contributed by atoms with Gasteiger partial charge in [0.15, 0.2) is 0 Å². The lowest BCUT2D eigenvalue weighted by Crippen LogP contribution is -2.26. The highest BCUT2D eigenvalue weighted by molar-refractivity contribution is 7.20. The number of aromatic nitrogens is 3. The normalized spacial score (nSPS) is 17.4. The molecule has 2 aromatic heterocycles. The molecule has 114 valence electrons. The van der Waals surface area contributed by atoms with E-state index in [-0.39, 0.29) is 11.7 Å². The summed E-state index contributed by atoms with van der Waals surface area (Å²) in [7, 11) is 0. The second-order valence-electron chi connectivity index (χ2n) is 5.53. The van der Waals surface area contributed by atoms with Crippen LogP contribution in [0.1, 0.15) is 38.3 Å². The minimum absolute atomic E-state index is 0.155. The number of anilines is 1. The number of fused-ring (bicyclic) bond motifs is 1. The zero-order chi connectivity index (χ0) is 14.8. The van der Waals surface area contributed by atoms with Gasteiger partial charge in [-0.1, -0.05) is 31.1 Å². The molecule has 2 heterocycles. The lowest BCUT2D eigenvalue weighted by atomic mass is 10.0. The highest BCUT2D eigenvalue weighted by Gasteiger charge is 2.23. The van der Waals surface area contributed by atoms with Gasteiger partial charge in [-0.25, -0.2) is 4.98 Å². The lowest BCUT2D eigenvalue weighted by molar-refractivity contribution is 0.123. The first-order valence-electron chi connectivity index (χ1n) is 7.49. The summed E-state index contributed by atoms with van der Waals surface area (Å²) in [5.41, 5.74) is 0.624. The van der Waals surface area contributed by atoms with Gasteiger partial charge < -0.3 is 10.4 Å². The van der Waals surface area contributed by atoms with E-state index in [0.29, 0.717) is 22.6 Å². The minimum atomic E-state index is -0.351. The van der Waals surface area contributed by atoms with Crippen molar-refractivity contribution in [2.75, 3.05) is 11.9 Å². The Balaban J connectivity index is 1.72. The monoisotopic (exact) mass is 308 g/mol. The van der Waals surface area contributed by atoms with Crippen LogP contribution in [0.4, 0.5) is 5.13 Å². The highest BCUT2D eigenvalue weighted by atomic mass is 32.1. The van der Waals surface area contributed by atoms with Crippen LogP contribution >= 0.6 is 11.3 Å². The van der Waals surface area contributed by atoms with Crippen molar-refractivity contribution in [3.05, 3.63) is 22.1 Å². The first-order chi connectivity index (χ1) is 10.2. The van der Waals surface area contributed by atoms with Crippen LogP contribution in [0.2, 0.25) is 0 Å². The maximum absolute atomic E-state index is 11.9. The fourth-order valence-electron chi connectivity index (χ4n) is 2.81. The minimum Gasteiger partial charge on any atom is -0.391 e. The van der Waals surface area contributed by atoms with Crippen molar-refractivity contribution in [2.24, 2.45) is 5.92 Å². The molecule has 0 amide bonds. The quantitative estimate of drug-likeness (QED) is 0.878. The molecule has 3 rings (SSSR count). The molecule has 1 saturated carbocycles. The smallest absolute Gasteiger partial charge is 0.275 e. The van der Waals surface area contributed by atoms with E-state index in [9.17, 15) is 9.90 Å². The number of rotatable bonds is 5. The van der Waals surface area contributed by atoms with Gasteiger partial charge in [0.25, 0.3) is 5.56 Å². The Bertz CT molecular complexity index is 675. The van der Waals surface area contributed by atoms with Gasteiger partial charge in [0.1, 0.15) is 0 Å². The summed E-state index contributed by atoms with van der Waals surface area (Å²) < 4.78 is 1.31. The largest absolute Gasteiger partial charge is 0.391 e. The molecular formula is C14H20N4O2S. The predicted octanol–water partition coefficient (Wildman–Crippen LogP) is 1.68. The number of aliphatic hydroxyl groups is 1. The molecule has 6 nitrogen and oxygen atoms in total. The Morgan fingerprint density at radius 2 is 2.29 bits per heavy atom. The zero-order valence-corrected chi connectivity index (χ0v) is 12.9. The van der Waals surface area contributed by atoms with E-state index in [1.54, 1.807) is 0 Å². The van der Waals surface area contributed by atoms with E-state index in [1.165, 1.54) is 34.8 Å². The molecule has 0 saturated heterocycles. The summed E-state index contributed by atoms with van der Waals surface area (Å²) >= 11 is 1.34. The maximum atomic E-state index is 11.9. The first kappa shape index (κ1) is 14.5. The van der Waals surface area contributed by atoms with Crippen LogP contribution in [0.5, 0.6) is 0 Å². The van der Waals surface area contributed by atoms with E-state index in [1.807, 2.05) is 6.92 Å². The van der Waals surface area contributed by atoms with Crippen LogP contribution in [-0.4, -0.2) is 32.4 Å². The molecule has 1 atom stereocenters. The van der Waals surface area contributed by atoms with Crippen molar-refractivity contribution < 1.29 is 5.11 Å². The summed E-state index contributed by atoms with van der Waals surface area (Å²) in [5.74, 6) is 0.388. The topological polar surface area (TPSA) is 79.5 Å². The molecule has 1 unspecified atom stereocenters. The number of aliphatic hydroxyl groups excluding tert-OH is 1. The van der Waals surface area contributed by atoms with Gasteiger partial charge in [0, 0.05) is 18.3 Å². The summed E-state index contributed by atoms with van der Waals surface area (Å²) in [6, 6.07) is 1.52. The van der Waals surface area contributed by atoms with Gasteiger partial charge >= 0.3 is 0 Å². The van der Waals surface area contributed by atoms with E-state index in [2.05, 4.69) is 15.4 Å². The standard InChI is InChI=1S/C14H20N4O2S/c1-2-10-7-12(20)18-14(16-10)21-13(17-18)15-8-11(19)9-5-3-4-6-9/h7,9,11,19H,2-6,8H2,1H3,(H,15,17). The molecule has 0 radical (unpaired) electrons. The van der Waals surface area contributed by atoms with Gasteiger partial charge in [0.2, 0.25) is 10.1 Å². The number of hydrogen-bond donors (Lipinski definition) is 2. The molecule has 21 heavy (non-hydrogen) atoms. The molecule has 2 aromatic rings. The average molecular weight is 308 g/mol. The van der Waals surface area contributed by atoms with Crippen LogP contribution in [0.25, 0.3) is 4.96 Å². The van der Waals surface area contributed by atoms with Crippen molar-refractivity contribution in [1.29, 1.82) is 0 Å². The third-order valence-electron chi connectivity index (χ3n) is 4.07. The van der Waals surface area contributed by atoms with E-state index in [0.717, 1.165) is 25.0 Å². The third kappa shape index (κ3) is 3.08. The second-order valence-corrected chi connectivity index (χ2v) is 6.49. The number of aryl methyl sites for hydroxylation is 1. The van der Waals surface area contributed by atoms with Crippen LogP contribution < -0.4 is 10.9 Å². The molecule has 2 N–H and O–H groups in total. The fraction of sp³-hybridized carbons (Fsp3) is 0.643. The lowest BCUT2D eigenvalue weighted by Gasteiger charge is -2.17. The van der Waals surface area contributed by atoms with E-state index >= 15 is 0 Å². The van der Waals surface area contributed by atoms with Gasteiger partial charge in [0.05, 0.1) is 6.10 Å². The SMILES string of the molecule is CCc1cc(=O)n2nc(NCC(O)C3CCCC3)sc2n1. The molecule has 0 aromatic carbocycles. The summed E-state index contributed by atoms with van der Waals surface area (Å²) in [4.78, 5) is 16.9. The summed E-state index contributed by atoms with van der Waals surface area (Å²) in [6.07, 6.45) is 5.00. The molecule has 0 bridgehead atoms. The van der Waals surface area contributed by atoms with Crippen LogP contribution in [0, 0.1) is 5.92 Å². The molecule has 1 aliphatic carbocycles. The first-order valence-corrected chi connectivity index (χ1v) is 8.30. The van der Waals surface area contributed by atoms with Crippen molar-refractivity contribution in [3.63, 3.8) is 0 Å². The molecule has 0 spiro atoms. The van der Waals surface area contributed by atoms with Gasteiger partial charge in [-0.05, 0) is 25.2 Å². The van der Waals surface area contributed by atoms with Gasteiger partial charge in [-0.2, -0.15) is 4.52 Å². The Morgan fingerprint density at radius 1 is 1.52 bits per heavy atom. The summed E-state index contributed by atoms with van der Waals surface area (Å²) in [6.45, 7) is 2.44. The maximum Gasteiger partial charge on any atom is 0.275 e. The Morgan fingerprint density at radius 3 is 3.00 bits per heavy atom. The molecule has 1 aliphatic rings. The van der Waals surface area contributed by atoms with E-state index < -0.39 is 0 Å². The van der Waals surface area contributed by atoms with Crippen LogP contribution in [0.3, 0.4) is 0 Å². The zero-order valence-electron chi connectivity index (χ0n) is 12.1. The van der Waals surface area contributed by atoms with Crippen molar-refractivity contribution >= 4 is 21.4 Å². The predicted molar refractivity (Wildman–Crippen MR) is 83.0 cm³/mol. The Kier molecular flexibility index (Phi) is 4.21. The average Bonchev–Trinajstić information content (AvgIpc) is 3.13.